The number of ether oxygens (including phenoxy) is 1. The van der Waals surface area contributed by atoms with Gasteiger partial charge in [0.1, 0.15) is 0 Å². The molecule has 0 rings (SSSR count). The van der Waals surface area contributed by atoms with Crippen molar-refractivity contribution in [1.82, 2.24) is 5.32 Å². The van der Waals surface area contributed by atoms with Crippen LogP contribution in [-0.2, 0) is 4.74 Å². The highest BCUT2D eigenvalue weighted by Gasteiger charge is 2.05. The highest BCUT2D eigenvalue weighted by Crippen LogP contribution is 2.06. The highest BCUT2D eigenvalue weighted by atomic mass is 16.5. The Balaban J connectivity index is 3.36. The summed E-state index contributed by atoms with van der Waals surface area (Å²) < 4.78 is 5.07. The number of nitrogens with one attached hydrogen (secondary N) is 1. The van der Waals surface area contributed by atoms with E-state index in [-0.39, 0.29) is 0 Å². The molecular formula is C11H25NO. The fourth-order valence-electron chi connectivity index (χ4n) is 1.31. The molecule has 0 bridgehead atoms. The topological polar surface area (TPSA) is 21.3 Å². The van der Waals surface area contributed by atoms with E-state index >= 15 is 0 Å². The summed E-state index contributed by atoms with van der Waals surface area (Å²) in [4.78, 5) is 0. The van der Waals surface area contributed by atoms with Gasteiger partial charge in [-0.15, -0.1) is 0 Å². The molecule has 0 aliphatic heterocycles. The third-order valence-electron chi connectivity index (χ3n) is 2.29. The van der Waals surface area contributed by atoms with Crippen LogP contribution in [0.5, 0.6) is 0 Å². The predicted molar refractivity (Wildman–Crippen MR) is 58.0 cm³/mol. The molecule has 0 saturated carbocycles. The van der Waals surface area contributed by atoms with Crippen LogP contribution in [0, 0.1) is 11.8 Å². The van der Waals surface area contributed by atoms with Gasteiger partial charge in [0.2, 0.25) is 0 Å². The van der Waals surface area contributed by atoms with Crippen molar-refractivity contribution < 1.29 is 4.74 Å². The minimum atomic E-state index is 0.750. The van der Waals surface area contributed by atoms with E-state index in [0.29, 0.717) is 0 Å². The average Bonchev–Trinajstić information content (AvgIpc) is 2.10. The lowest BCUT2D eigenvalue weighted by Gasteiger charge is -2.16. The Kier molecular flexibility index (Phi) is 8.46. The first-order chi connectivity index (χ1) is 6.20. The smallest absolute Gasteiger partial charge is 0.0465 e. The summed E-state index contributed by atoms with van der Waals surface area (Å²) in [7, 11) is 1.77. The molecule has 0 aliphatic carbocycles. The second-order valence-electron chi connectivity index (χ2n) is 4.11. The van der Waals surface area contributed by atoms with Gasteiger partial charge in [0, 0.05) is 13.7 Å². The Labute approximate surface area is 83.1 Å². The second-order valence-corrected chi connectivity index (χ2v) is 4.11. The van der Waals surface area contributed by atoms with Gasteiger partial charge in [0.05, 0.1) is 0 Å². The van der Waals surface area contributed by atoms with Gasteiger partial charge in [-0.05, 0) is 31.3 Å². The molecule has 1 N–H and O–H groups in total. The first-order valence-corrected chi connectivity index (χ1v) is 5.40. The molecule has 0 fully saturated rings. The van der Waals surface area contributed by atoms with Gasteiger partial charge in [-0.3, -0.25) is 0 Å². The van der Waals surface area contributed by atoms with Crippen molar-refractivity contribution in [2.75, 3.05) is 26.8 Å². The van der Waals surface area contributed by atoms with Gasteiger partial charge in [-0.25, -0.2) is 0 Å². The maximum absolute atomic E-state index is 5.07. The van der Waals surface area contributed by atoms with Crippen LogP contribution in [0.1, 0.15) is 33.6 Å². The fourth-order valence-corrected chi connectivity index (χ4v) is 1.31. The first kappa shape index (κ1) is 12.9. The molecule has 1 atom stereocenters. The second kappa shape index (κ2) is 8.52. The van der Waals surface area contributed by atoms with Crippen LogP contribution in [0.3, 0.4) is 0 Å². The Morgan fingerprint density at radius 1 is 1.23 bits per heavy atom. The third kappa shape index (κ3) is 8.26. The summed E-state index contributed by atoms with van der Waals surface area (Å²) in [6.45, 7) is 9.88. The van der Waals surface area contributed by atoms with E-state index in [1.165, 1.54) is 12.8 Å². The quantitative estimate of drug-likeness (QED) is 0.629. The summed E-state index contributed by atoms with van der Waals surface area (Å²) in [5.41, 5.74) is 0. The third-order valence-corrected chi connectivity index (χ3v) is 2.29. The Morgan fingerprint density at radius 2 is 1.92 bits per heavy atom. The van der Waals surface area contributed by atoms with E-state index in [2.05, 4.69) is 26.1 Å². The van der Waals surface area contributed by atoms with E-state index in [1.54, 1.807) is 7.11 Å². The van der Waals surface area contributed by atoms with Crippen LogP contribution in [-0.4, -0.2) is 26.8 Å². The van der Waals surface area contributed by atoms with E-state index in [4.69, 9.17) is 4.74 Å². The summed E-state index contributed by atoms with van der Waals surface area (Å²) in [5.74, 6) is 1.53. The van der Waals surface area contributed by atoms with Crippen LogP contribution < -0.4 is 5.32 Å². The molecule has 0 aromatic rings. The zero-order valence-electron chi connectivity index (χ0n) is 9.60. The molecule has 0 amide bonds. The molecule has 2 nitrogen and oxygen atoms in total. The predicted octanol–water partition coefficient (Wildman–Crippen LogP) is 2.29. The van der Waals surface area contributed by atoms with E-state index in [0.717, 1.165) is 31.5 Å². The van der Waals surface area contributed by atoms with Crippen LogP contribution >= 0.6 is 0 Å². The number of methoxy groups -OCH3 is 1. The van der Waals surface area contributed by atoms with Crippen LogP contribution in [0.25, 0.3) is 0 Å². The Morgan fingerprint density at radius 3 is 2.38 bits per heavy atom. The zero-order valence-corrected chi connectivity index (χ0v) is 9.60. The van der Waals surface area contributed by atoms with Gasteiger partial charge >= 0.3 is 0 Å². The average molecular weight is 187 g/mol. The van der Waals surface area contributed by atoms with E-state index in [9.17, 15) is 0 Å². The molecule has 0 aliphatic rings. The van der Waals surface area contributed by atoms with Gasteiger partial charge in [0.15, 0.2) is 0 Å². The largest absolute Gasteiger partial charge is 0.385 e. The molecule has 13 heavy (non-hydrogen) atoms. The summed E-state index contributed by atoms with van der Waals surface area (Å²) in [6.07, 6.45) is 2.42. The van der Waals surface area contributed by atoms with Gasteiger partial charge in [0.25, 0.3) is 0 Å². The molecule has 0 aromatic heterocycles. The zero-order chi connectivity index (χ0) is 10.1. The Bertz CT molecular complexity index is 104. The van der Waals surface area contributed by atoms with E-state index in [1.807, 2.05) is 0 Å². The lowest BCUT2D eigenvalue weighted by atomic mass is 10.0. The number of hydrogen-bond acceptors (Lipinski definition) is 2. The van der Waals surface area contributed by atoms with Crippen molar-refractivity contribution in [3.05, 3.63) is 0 Å². The Hall–Kier alpha value is -0.0800. The minimum absolute atomic E-state index is 0.750. The molecule has 0 spiro atoms. The van der Waals surface area contributed by atoms with Crippen molar-refractivity contribution >= 4 is 0 Å². The molecule has 0 radical (unpaired) electrons. The minimum Gasteiger partial charge on any atom is -0.385 e. The highest BCUT2D eigenvalue weighted by molar-refractivity contribution is 4.61. The maximum atomic E-state index is 5.07. The SMILES string of the molecule is CCC(CCOC)CNCC(C)C. The van der Waals surface area contributed by atoms with Crippen LogP contribution in [0.2, 0.25) is 0 Å². The summed E-state index contributed by atoms with van der Waals surface area (Å²) >= 11 is 0. The first-order valence-electron chi connectivity index (χ1n) is 5.40. The lowest BCUT2D eigenvalue weighted by molar-refractivity contribution is 0.175. The van der Waals surface area contributed by atoms with Crippen LogP contribution in [0.15, 0.2) is 0 Å². The number of hydrogen-bond donors (Lipinski definition) is 1. The fraction of sp³-hybridized carbons (Fsp3) is 1.00. The summed E-state index contributed by atoms with van der Waals surface area (Å²) in [6, 6.07) is 0. The number of rotatable bonds is 8. The molecular weight excluding hydrogens is 162 g/mol. The van der Waals surface area contributed by atoms with Crippen LogP contribution in [0.4, 0.5) is 0 Å². The monoisotopic (exact) mass is 187 g/mol. The molecule has 0 aromatic carbocycles. The van der Waals surface area contributed by atoms with Crippen molar-refractivity contribution in [2.45, 2.75) is 33.6 Å². The normalized spacial score (nSPS) is 13.6. The van der Waals surface area contributed by atoms with E-state index < -0.39 is 0 Å². The summed E-state index contributed by atoms with van der Waals surface area (Å²) in [5, 5.41) is 3.49. The van der Waals surface area contributed by atoms with Crippen molar-refractivity contribution in [2.24, 2.45) is 11.8 Å². The molecule has 80 valence electrons. The standard InChI is InChI=1S/C11H25NO/c1-5-11(6-7-13-4)9-12-8-10(2)3/h10-12H,5-9H2,1-4H3. The lowest BCUT2D eigenvalue weighted by Crippen LogP contribution is -2.26. The van der Waals surface area contributed by atoms with Crippen molar-refractivity contribution in [3.63, 3.8) is 0 Å². The molecule has 2 heteroatoms. The molecule has 0 saturated heterocycles. The van der Waals surface area contributed by atoms with Crippen molar-refractivity contribution in [1.29, 1.82) is 0 Å². The molecule has 0 heterocycles. The van der Waals surface area contributed by atoms with Gasteiger partial charge in [-0.1, -0.05) is 27.2 Å². The maximum Gasteiger partial charge on any atom is 0.0465 e. The van der Waals surface area contributed by atoms with Gasteiger partial charge < -0.3 is 10.1 Å². The van der Waals surface area contributed by atoms with Crippen molar-refractivity contribution in [3.8, 4) is 0 Å². The van der Waals surface area contributed by atoms with Gasteiger partial charge in [-0.2, -0.15) is 0 Å². The molecule has 1 unspecified atom stereocenters.